The van der Waals surface area contributed by atoms with E-state index < -0.39 is 0 Å². The molecule has 0 aliphatic rings. The molecule has 0 unspecified atom stereocenters. The van der Waals surface area contributed by atoms with Crippen LogP contribution in [0.15, 0.2) is 12.1 Å². The topological polar surface area (TPSA) is 46.2 Å². The molecule has 0 fully saturated rings. The Kier molecular flexibility index (Phi) is 2.94. The number of rotatable bonds is 2. The molecule has 1 atom stereocenters. The molecule has 0 aromatic heterocycles. The van der Waals surface area contributed by atoms with Gasteiger partial charge in [-0.05, 0) is 49.1 Å². The van der Waals surface area contributed by atoms with Crippen LogP contribution in [0.3, 0.4) is 0 Å². The minimum Gasteiger partial charge on any atom is -0.508 e. The van der Waals surface area contributed by atoms with Crippen LogP contribution < -0.4 is 5.73 Å². The summed E-state index contributed by atoms with van der Waals surface area (Å²) >= 11 is 0. The molecule has 2 heteroatoms. The first kappa shape index (κ1) is 10.1. The molecule has 1 aromatic rings. The normalized spacial score (nSPS) is 12.9. The van der Waals surface area contributed by atoms with Crippen molar-refractivity contribution >= 4 is 0 Å². The third-order valence-electron chi connectivity index (χ3n) is 2.39. The van der Waals surface area contributed by atoms with Crippen LogP contribution in [-0.4, -0.2) is 5.11 Å². The molecule has 0 amide bonds. The first-order valence-corrected chi connectivity index (χ1v) is 4.62. The average Bonchev–Trinajstić information content (AvgIpc) is 2.02. The summed E-state index contributed by atoms with van der Waals surface area (Å²) in [4.78, 5) is 0. The predicted molar refractivity (Wildman–Crippen MR) is 54.8 cm³/mol. The largest absolute Gasteiger partial charge is 0.508 e. The Morgan fingerprint density at radius 2 is 1.77 bits per heavy atom. The second-order valence-corrected chi connectivity index (χ2v) is 3.51. The third-order valence-corrected chi connectivity index (χ3v) is 2.39. The third kappa shape index (κ3) is 2.01. The maximum absolute atomic E-state index is 9.33. The molecule has 0 saturated carbocycles. The van der Waals surface area contributed by atoms with Gasteiger partial charge in [0.25, 0.3) is 0 Å². The van der Waals surface area contributed by atoms with Crippen molar-refractivity contribution in [2.45, 2.75) is 33.2 Å². The highest BCUT2D eigenvalue weighted by Crippen LogP contribution is 2.26. The summed E-state index contributed by atoms with van der Waals surface area (Å²) in [7, 11) is 0. The monoisotopic (exact) mass is 179 g/mol. The van der Waals surface area contributed by atoms with E-state index in [1.54, 1.807) is 12.1 Å². The van der Waals surface area contributed by atoms with Crippen LogP contribution in [0.1, 0.15) is 36.1 Å². The maximum atomic E-state index is 9.33. The summed E-state index contributed by atoms with van der Waals surface area (Å²) in [6.45, 7) is 6.03. The number of hydrogen-bond donors (Lipinski definition) is 2. The maximum Gasteiger partial charge on any atom is 0.116 e. The number of phenolic OH excluding ortho intramolecular Hbond substituents is 1. The van der Waals surface area contributed by atoms with Gasteiger partial charge in [0.1, 0.15) is 5.75 Å². The highest BCUT2D eigenvalue weighted by Gasteiger charge is 2.10. The molecule has 72 valence electrons. The van der Waals surface area contributed by atoms with Crippen LogP contribution in [-0.2, 0) is 0 Å². The smallest absolute Gasteiger partial charge is 0.116 e. The van der Waals surface area contributed by atoms with E-state index >= 15 is 0 Å². The van der Waals surface area contributed by atoms with Crippen LogP contribution in [0.2, 0.25) is 0 Å². The molecule has 0 radical (unpaired) electrons. The molecule has 0 aliphatic heterocycles. The van der Waals surface area contributed by atoms with Gasteiger partial charge in [0, 0.05) is 6.04 Å². The lowest BCUT2D eigenvalue weighted by Gasteiger charge is -2.16. The summed E-state index contributed by atoms with van der Waals surface area (Å²) < 4.78 is 0. The molecule has 0 spiro atoms. The lowest BCUT2D eigenvalue weighted by Crippen LogP contribution is -2.11. The van der Waals surface area contributed by atoms with E-state index in [-0.39, 0.29) is 6.04 Å². The Morgan fingerprint density at radius 3 is 2.15 bits per heavy atom. The summed E-state index contributed by atoms with van der Waals surface area (Å²) in [5.41, 5.74) is 9.28. The summed E-state index contributed by atoms with van der Waals surface area (Å²) in [5.74, 6) is 0.321. The van der Waals surface area contributed by atoms with Gasteiger partial charge >= 0.3 is 0 Å². The van der Waals surface area contributed by atoms with Crippen molar-refractivity contribution in [1.29, 1.82) is 0 Å². The molecule has 1 aromatic carbocycles. The predicted octanol–water partition coefficient (Wildman–Crippen LogP) is 2.42. The van der Waals surface area contributed by atoms with Crippen molar-refractivity contribution in [2.75, 3.05) is 0 Å². The van der Waals surface area contributed by atoms with E-state index in [1.807, 2.05) is 13.8 Å². The van der Waals surface area contributed by atoms with Crippen molar-refractivity contribution in [3.8, 4) is 5.75 Å². The number of phenols is 1. The van der Waals surface area contributed by atoms with E-state index in [0.717, 1.165) is 17.5 Å². The van der Waals surface area contributed by atoms with Crippen LogP contribution >= 0.6 is 0 Å². The van der Waals surface area contributed by atoms with Gasteiger partial charge in [0.2, 0.25) is 0 Å². The zero-order valence-electron chi connectivity index (χ0n) is 8.46. The molecule has 0 bridgehead atoms. The molecular formula is C11H17NO. The van der Waals surface area contributed by atoms with E-state index in [0.29, 0.717) is 5.75 Å². The Labute approximate surface area is 79.4 Å². The molecule has 0 aliphatic carbocycles. The summed E-state index contributed by atoms with van der Waals surface area (Å²) in [5, 5.41) is 9.33. The van der Waals surface area contributed by atoms with E-state index in [2.05, 4.69) is 6.92 Å². The minimum absolute atomic E-state index is 0.0839. The number of aryl methyl sites for hydroxylation is 2. The number of nitrogens with two attached hydrogens (primary N) is 1. The molecular weight excluding hydrogens is 162 g/mol. The Bertz CT molecular complexity index is 284. The van der Waals surface area contributed by atoms with Crippen molar-refractivity contribution in [3.05, 3.63) is 28.8 Å². The number of aromatic hydroxyl groups is 1. The highest BCUT2D eigenvalue weighted by atomic mass is 16.3. The molecule has 0 heterocycles. The van der Waals surface area contributed by atoms with E-state index in [4.69, 9.17) is 5.73 Å². The second kappa shape index (κ2) is 3.79. The second-order valence-electron chi connectivity index (χ2n) is 3.51. The number of hydrogen-bond acceptors (Lipinski definition) is 2. The first-order valence-electron chi connectivity index (χ1n) is 4.62. The molecule has 1 rings (SSSR count). The van der Waals surface area contributed by atoms with Crippen LogP contribution in [0.5, 0.6) is 5.75 Å². The van der Waals surface area contributed by atoms with Gasteiger partial charge in [-0.15, -0.1) is 0 Å². The van der Waals surface area contributed by atoms with Crippen molar-refractivity contribution < 1.29 is 5.11 Å². The van der Waals surface area contributed by atoms with Gasteiger partial charge in [-0.25, -0.2) is 0 Å². The van der Waals surface area contributed by atoms with Crippen molar-refractivity contribution in [3.63, 3.8) is 0 Å². The van der Waals surface area contributed by atoms with E-state index in [9.17, 15) is 5.11 Å². The van der Waals surface area contributed by atoms with E-state index in [1.165, 1.54) is 5.56 Å². The van der Waals surface area contributed by atoms with Crippen LogP contribution in [0.4, 0.5) is 0 Å². The fourth-order valence-corrected chi connectivity index (χ4v) is 1.74. The lowest BCUT2D eigenvalue weighted by molar-refractivity contribution is 0.473. The van der Waals surface area contributed by atoms with Crippen LogP contribution in [0, 0.1) is 13.8 Å². The van der Waals surface area contributed by atoms with Gasteiger partial charge in [-0.2, -0.15) is 0 Å². The first-order chi connectivity index (χ1) is 6.06. The standard InChI is InChI=1S/C11H17NO/c1-4-10(12)11-7(2)5-9(13)6-8(11)3/h5-6,10,13H,4,12H2,1-3H3/t10-/m1/s1. The summed E-state index contributed by atoms with van der Waals surface area (Å²) in [6, 6.07) is 3.61. The van der Waals surface area contributed by atoms with Crippen LogP contribution in [0.25, 0.3) is 0 Å². The number of benzene rings is 1. The lowest BCUT2D eigenvalue weighted by atomic mass is 9.95. The Hall–Kier alpha value is -1.02. The van der Waals surface area contributed by atoms with Gasteiger partial charge in [-0.1, -0.05) is 6.92 Å². The molecule has 0 saturated heterocycles. The summed E-state index contributed by atoms with van der Waals surface area (Å²) in [6.07, 6.45) is 0.923. The SMILES string of the molecule is CC[C@@H](N)c1c(C)cc(O)cc1C. The quantitative estimate of drug-likeness (QED) is 0.732. The average molecular weight is 179 g/mol. The fourth-order valence-electron chi connectivity index (χ4n) is 1.74. The van der Waals surface area contributed by atoms with Gasteiger partial charge in [0.15, 0.2) is 0 Å². The van der Waals surface area contributed by atoms with Gasteiger partial charge in [-0.3, -0.25) is 0 Å². The fraction of sp³-hybridized carbons (Fsp3) is 0.455. The zero-order chi connectivity index (χ0) is 10.0. The van der Waals surface area contributed by atoms with Crippen molar-refractivity contribution in [2.24, 2.45) is 5.73 Å². The van der Waals surface area contributed by atoms with Gasteiger partial charge in [0.05, 0.1) is 0 Å². The molecule has 2 nitrogen and oxygen atoms in total. The highest BCUT2D eigenvalue weighted by molar-refractivity contribution is 5.42. The zero-order valence-corrected chi connectivity index (χ0v) is 8.46. The minimum atomic E-state index is 0.0839. The molecule has 13 heavy (non-hydrogen) atoms. The Balaban J connectivity index is 3.20. The molecule has 3 N–H and O–H groups in total. The van der Waals surface area contributed by atoms with Crippen molar-refractivity contribution in [1.82, 2.24) is 0 Å². The Morgan fingerprint density at radius 1 is 1.31 bits per heavy atom. The van der Waals surface area contributed by atoms with Gasteiger partial charge < -0.3 is 10.8 Å².